The summed E-state index contributed by atoms with van der Waals surface area (Å²) >= 11 is 0. The van der Waals surface area contributed by atoms with Crippen LogP contribution in [0.2, 0.25) is 0 Å². The third kappa shape index (κ3) is 4.77. The molecule has 0 spiro atoms. The van der Waals surface area contributed by atoms with E-state index in [9.17, 15) is 0 Å². The molecule has 0 amide bonds. The minimum absolute atomic E-state index is 0.354. The lowest BCUT2D eigenvalue weighted by Crippen LogP contribution is -2.11. The van der Waals surface area contributed by atoms with E-state index in [1.807, 2.05) is 0 Å². The minimum atomic E-state index is 0.354. The second-order valence-corrected chi connectivity index (χ2v) is 2.75. The number of rotatable bonds is 1. The molecule has 0 bridgehead atoms. The molecule has 1 heterocycles. The number of hydrogen-bond acceptors (Lipinski definition) is 2. The molecule has 1 rings (SSSR count). The quantitative estimate of drug-likeness (QED) is 0.577. The number of hydrogen-bond donors (Lipinski definition) is 2. The first-order valence-corrected chi connectivity index (χ1v) is 4.16. The molecule has 2 heteroatoms. The summed E-state index contributed by atoms with van der Waals surface area (Å²) in [6, 6.07) is 0. The molecule has 0 saturated carbocycles. The van der Waals surface area contributed by atoms with Gasteiger partial charge in [-0.1, -0.05) is 20.3 Å². The lowest BCUT2D eigenvalue weighted by molar-refractivity contribution is 0.237. The van der Waals surface area contributed by atoms with Gasteiger partial charge in [0.1, 0.15) is 0 Å². The zero-order valence-corrected chi connectivity index (χ0v) is 7.06. The Morgan fingerprint density at radius 1 is 1.50 bits per heavy atom. The van der Waals surface area contributed by atoms with Crippen molar-refractivity contribution in [1.82, 2.24) is 5.32 Å². The lowest BCUT2D eigenvalue weighted by atomic mass is 10.1. The second kappa shape index (κ2) is 7.03. The predicted molar refractivity (Wildman–Crippen MR) is 44.0 cm³/mol. The highest BCUT2D eigenvalue weighted by atomic mass is 16.3. The lowest BCUT2D eigenvalue weighted by Gasteiger charge is -1.98. The first-order valence-electron chi connectivity index (χ1n) is 4.16. The highest BCUT2D eigenvalue weighted by Crippen LogP contribution is 2.03. The van der Waals surface area contributed by atoms with Crippen molar-refractivity contribution in [2.24, 2.45) is 5.92 Å². The van der Waals surface area contributed by atoms with Crippen LogP contribution in [0, 0.1) is 5.92 Å². The number of aliphatic hydroxyl groups excluding tert-OH is 1. The number of aliphatic hydroxyl groups is 1. The molecule has 0 aromatic carbocycles. The molecular weight excluding hydrogens is 126 g/mol. The van der Waals surface area contributed by atoms with Gasteiger partial charge in [0.05, 0.1) is 0 Å². The van der Waals surface area contributed by atoms with Gasteiger partial charge in [-0.05, 0) is 18.9 Å². The third-order valence-electron chi connectivity index (χ3n) is 1.42. The summed E-state index contributed by atoms with van der Waals surface area (Å²) in [7, 11) is 0. The van der Waals surface area contributed by atoms with Crippen molar-refractivity contribution in [3.8, 4) is 0 Å². The fraction of sp³-hybridized carbons (Fsp3) is 1.00. The van der Waals surface area contributed by atoms with Crippen molar-refractivity contribution < 1.29 is 5.11 Å². The maximum atomic E-state index is 8.53. The van der Waals surface area contributed by atoms with Gasteiger partial charge in [0.2, 0.25) is 0 Å². The van der Waals surface area contributed by atoms with Crippen LogP contribution < -0.4 is 5.32 Å². The maximum Gasteiger partial charge on any atom is 0.0471 e. The molecule has 1 saturated heterocycles. The van der Waals surface area contributed by atoms with Crippen LogP contribution in [0.5, 0.6) is 0 Å². The summed E-state index contributed by atoms with van der Waals surface area (Å²) in [6.45, 7) is 6.70. The van der Waals surface area contributed by atoms with Crippen LogP contribution in [0.25, 0.3) is 0 Å². The van der Waals surface area contributed by atoms with E-state index >= 15 is 0 Å². The molecule has 0 aliphatic carbocycles. The first kappa shape index (κ1) is 9.92. The molecule has 1 aliphatic heterocycles. The Balaban J connectivity index is 0.000000236. The Kier molecular flexibility index (Phi) is 6.98. The van der Waals surface area contributed by atoms with Gasteiger partial charge in [0.15, 0.2) is 0 Å². The zero-order valence-electron chi connectivity index (χ0n) is 7.06. The van der Waals surface area contributed by atoms with E-state index in [1.165, 1.54) is 6.42 Å². The van der Waals surface area contributed by atoms with Crippen LogP contribution in [0.1, 0.15) is 26.7 Å². The highest BCUT2D eigenvalue weighted by Gasteiger charge is 2.11. The van der Waals surface area contributed by atoms with Crippen molar-refractivity contribution in [3.05, 3.63) is 0 Å². The molecule has 10 heavy (non-hydrogen) atoms. The van der Waals surface area contributed by atoms with Gasteiger partial charge in [0.25, 0.3) is 0 Å². The summed E-state index contributed by atoms with van der Waals surface area (Å²) in [4.78, 5) is 0. The Labute approximate surface area is 63.6 Å². The second-order valence-electron chi connectivity index (χ2n) is 2.75. The first-order chi connectivity index (χ1) is 4.85. The van der Waals surface area contributed by atoms with E-state index in [-0.39, 0.29) is 0 Å². The largest absolute Gasteiger partial charge is 0.396 e. The standard InChI is InChI=1S/C5H11NO.C3H8/c7-4-5-1-2-6-3-5;1-3-2/h5-7H,1-4H2;3H2,1-2H3. The van der Waals surface area contributed by atoms with E-state index in [4.69, 9.17) is 5.11 Å². The molecule has 62 valence electrons. The fourth-order valence-electron chi connectivity index (χ4n) is 0.870. The minimum Gasteiger partial charge on any atom is -0.396 e. The van der Waals surface area contributed by atoms with Crippen LogP contribution in [0.3, 0.4) is 0 Å². The van der Waals surface area contributed by atoms with Crippen molar-refractivity contribution in [2.45, 2.75) is 26.7 Å². The Hall–Kier alpha value is -0.0800. The summed E-state index contributed by atoms with van der Waals surface area (Å²) in [6.07, 6.45) is 2.40. The van der Waals surface area contributed by atoms with Crippen molar-refractivity contribution >= 4 is 0 Å². The maximum absolute atomic E-state index is 8.53. The Bertz CT molecular complexity index is 60.3. The van der Waals surface area contributed by atoms with E-state index < -0.39 is 0 Å². The smallest absolute Gasteiger partial charge is 0.0471 e. The molecule has 2 N–H and O–H groups in total. The summed E-state index contributed by atoms with van der Waals surface area (Å²) in [5.74, 6) is 0.542. The molecule has 0 aromatic heterocycles. The van der Waals surface area contributed by atoms with Gasteiger partial charge in [-0.3, -0.25) is 0 Å². The molecule has 2 nitrogen and oxygen atoms in total. The number of nitrogens with one attached hydrogen (secondary N) is 1. The molecule has 1 unspecified atom stereocenters. The van der Waals surface area contributed by atoms with Crippen LogP contribution in [0.15, 0.2) is 0 Å². The molecule has 0 aromatic rings. The molecule has 1 fully saturated rings. The summed E-state index contributed by atoms with van der Waals surface area (Å²) in [5.41, 5.74) is 0. The fourth-order valence-corrected chi connectivity index (χ4v) is 0.870. The van der Waals surface area contributed by atoms with E-state index in [0.29, 0.717) is 12.5 Å². The van der Waals surface area contributed by atoms with Crippen LogP contribution >= 0.6 is 0 Å². The van der Waals surface area contributed by atoms with Gasteiger partial charge in [-0.25, -0.2) is 0 Å². The van der Waals surface area contributed by atoms with E-state index in [2.05, 4.69) is 19.2 Å². The average Bonchev–Trinajstić information content (AvgIpc) is 2.39. The average molecular weight is 145 g/mol. The Morgan fingerprint density at radius 3 is 2.30 bits per heavy atom. The van der Waals surface area contributed by atoms with Crippen LogP contribution in [-0.4, -0.2) is 24.8 Å². The van der Waals surface area contributed by atoms with E-state index in [0.717, 1.165) is 19.5 Å². The predicted octanol–water partition coefficient (Wildman–Crippen LogP) is 1.00. The zero-order chi connectivity index (χ0) is 7.82. The van der Waals surface area contributed by atoms with Crippen LogP contribution in [-0.2, 0) is 0 Å². The van der Waals surface area contributed by atoms with E-state index in [1.54, 1.807) is 0 Å². The van der Waals surface area contributed by atoms with Gasteiger partial charge in [0, 0.05) is 13.2 Å². The molecule has 1 atom stereocenters. The van der Waals surface area contributed by atoms with Gasteiger partial charge in [-0.2, -0.15) is 0 Å². The van der Waals surface area contributed by atoms with Crippen molar-refractivity contribution in [2.75, 3.05) is 19.7 Å². The normalized spacial score (nSPS) is 23.7. The van der Waals surface area contributed by atoms with Gasteiger partial charge < -0.3 is 10.4 Å². The monoisotopic (exact) mass is 145 g/mol. The van der Waals surface area contributed by atoms with Crippen LogP contribution in [0.4, 0.5) is 0 Å². The van der Waals surface area contributed by atoms with Gasteiger partial charge >= 0.3 is 0 Å². The molecule has 1 aliphatic rings. The summed E-state index contributed by atoms with van der Waals surface area (Å²) < 4.78 is 0. The Morgan fingerprint density at radius 2 is 2.10 bits per heavy atom. The SMILES string of the molecule is CCC.OCC1CCNC1. The third-order valence-corrected chi connectivity index (χ3v) is 1.42. The topological polar surface area (TPSA) is 32.3 Å². The summed E-state index contributed by atoms with van der Waals surface area (Å²) in [5, 5.41) is 11.7. The van der Waals surface area contributed by atoms with Gasteiger partial charge in [-0.15, -0.1) is 0 Å². The molecular formula is C8H19NO. The highest BCUT2D eigenvalue weighted by molar-refractivity contribution is 4.68. The molecule has 0 radical (unpaired) electrons. The van der Waals surface area contributed by atoms with Crippen molar-refractivity contribution in [3.63, 3.8) is 0 Å². The van der Waals surface area contributed by atoms with Crippen molar-refractivity contribution in [1.29, 1.82) is 0 Å².